The highest BCUT2D eigenvalue weighted by atomic mass is 32.1. The molecule has 9 nitrogen and oxygen atoms in total. The van der Waals surface area contributed by atoms with Crippen LogP contribution in [0.5, 0.6) is 0 Å². The predicted molar refractivity (Wildman–Crippen MR) is 151 cm³/mol. The van der Waals surface area contributed by atoms with E-state index in [4.69, 9.17) is 15.5 Å². The summed E-state index contributed by atoms with van der Waals surface area (Å²) in [6, 6.07) is 9.82. The summed E-state index contributed by atoms with van der Waals surface area (Å²) >= 11 is 1.37. The van der Waals surface area contributed by atoms with Gasteiger partial charge in [0.25, 0.3) is 5.91 Å². The number of fused-ring (bicyclic) bond motifs is 2. The number of morpholine rings is 1. The SMILES string of the molecule is Nc1c(C(=O)Nc2ccccc2-c2cn(CCCN3CCOCC3)nn2)sc2nc3c(cc12)CCCCC3. The normalized spacial score (nSPS) is 16.3. The first-order chi connectivity index (χ1) is 18.7. The summed E-state index contributed by atoms with van der Waals surface area (Å²) in [4.78, 5) is 22.0. The number of para-hydroxylation sites is 1. The fourth-order valence-electron chi connectivity index (χ4n) is 5.31. The number of benzene rings is 1. The molecule has 1 aliphatic heterocycles. The van der Waals surface area contributed by atoms with Gasteiger partial charge in [-0.05, 0) is 49.8 Å². The molecule has 198 valence electrons. The summed E-state index contributed by atoms with van der Waals surface area (Å²) in [5.41, 5.74) is 11.6. The number of nitrogens with one attached hydrogen (secondary N) is 1. The van der Waals surface area contributed by atoms with E-state index in [1.807, 2.05) is 35.1 Å². The van der Waals surface area contributed by atoms with Crippen molar-refractivity contribution in [1.82, 2.24) is 24.9 Å². The third kappa shape index (κ3) is 5.29. The van der Waals surface area contributed by atoms with Gasteiger partial charge in [0.1, 0.15) is 15.4 Å². The number of thiophene rings is 1. The first kappa shape index (κ1) is 25.0. The van der Waals surface area contributed by atoms with E-state index in [1.165, 1.54) is 29.7 Å². The van der Waals surface area contributed by atoms with Gasteiger partial charge < -0.3 is 15.8 Å². The second-order valence-electron chi connectivity index (χ2n) is 10.0. The van der Waals surface area contributed by atoms with Gasteiger partial charge in [-0.15, -0.1) is 16.4 Å². The largest absolute Gasteiger partial charge is 0.397 e. The quantitative estimate of drug-likeness (QED) is 0.341. The number of pyridine rings is 1. The van der Waals surface area contributed by atoms with Gasteiger partial charge in [-0.25, -0.2) is 4.98 Å². The van der Waals surface area contributed by atoms with Crippen LogP contribution in [0.25, 0.3) is 21.5 Å². The number of rotatable bonds is 7. The average Bonchev–Trinajstić information content (AvgIpc) is 3.45. The summed E-state index contributed by atoms with van der Waals surface area (Å²) < 4.78 is 7.29. The molecule has 4 aromatic rings. The Morgan fingerprint density at radius 1 is 1.11 bits per heavy atom. The Hall–Kier alpha value is -3.34. The van der Waals surface area contributed by atoms with Crippen LogP contribution in [0, 0.1) is 0 Å². The maximum absolute atomic E-state index is 13.4. The Labute approximate surface area is 226 Å². The molecule has 0 radical (unpaired) electrons. The molecule has 3 N–H and O–H groups in total. The van der Waals surface area contributed by atoms with Crippen LogP contribution in [0.4, 0.5) is 11.4 Å². The second kappa shape index (κ2) is 11.2. The van der Waals surface area contributed by atoms with Gasteiger partial charge >= 0.3 is 0 Å². The molecule has 10 heteroatoms. The number of amides is 1. The molecule has 4 heterocycles. The van der Waals surface area contributed by atoms with Crippen molar-refractivity contribution in [3.05, 3.63) is 52.7 Å². The monoisotopic (exact) mass is 531 g/mol. The lowest BCUT2D eigenvalue weighted by Gasteiger charge is -2.26. The van der Waals surface area contributed by atoms with Crippen LogP contribution in [0.1, 0.15) is 46.6 Å². The lowest BCUT2D eigenvalue weighted by atomic mass is 10.1. The number of hydrogen-bond acceptors (Lipinski definition) is 8. The van der Waals surface area contributed by atoms with E-state index in [2.05, 4.69) is 26.6 Å². The summed E-state index contributed by atoms with van der Waals surface area (Å²) in [5.74, 6) is -0.231. The Kier molecular flexibility index (Phi) is 7.35. The molecule has 3 aromatic heterocycles. The van der Waals surface area contributed by atoms with Gasteiger partial charge in [0.15, 0.2) is 0 Å². The van der Waals surface area contributed by atoms with E-state index in [-0.39, 0.29) is 5.91 Å². The van der Waals surface area contributed by atoms with Gasteiger partial charge in [0.05, 0.1) is 30.8 Å². The molecule has 0 spiro atoms. The molecule has 1 fully saturated rings. The van der Waals surface area contributed by atoms with E-state index in [9.17, 15) is 4.79 Å². The Morgan fingerprint density at radius 3 is 2.84 bits per heavy atom. The highest BCUT2D eigenvalue weighted by Crippen LogP contribution is 2.36. The third-order valence-corrected chi connectivity index (χ3v) is 8.52. The maximum atomic E-state index is 13.4. The fourth-order valence-corrected chi connectivity index (χ4v) is 6.30. The van der Waals surface area contributed by atoms with Gasteiger partial charge in [0, 0.05) is 42.8 Å². The number of carbonyl (C=O) groups is 1. The van der Waals surface area contributed by atoms with Crippen molar-refractivity contribution < 1.29 is 9.53 Å². The molecular weight excluding hydrogens is 498 g/mol. The third-order valence-electron chi connectivity index (χ3n) is 7.41. The number of hydrogen-bond donors (Lipinski definition) is 2. The predicted octanol–water partition coefficient (Wildman–Crippen LogP) is 4.38. The van der Waals surface area contributed by atoms with E-state index >= 15 is 0 Å². The van der Waals surface area contributed by atoms with Crippen LogP contribution >= 0.6 is 11.3 Å². The molecule has 6 rings (SSSR count). The van der Waals surface area contributed by atoms with Crippen molar-refractivity contribution in [3.63, 3.8) is 0 Å². The van der Waals surface area contributed by atoms with Crippen LogP contribution in [-0.2, 0) is 24.1 Å². The van der Waals surface area contributed by atoms with Crippen LogP contribution in [-0.4, -0.2) is 63.6 Å². The number of anilines is 2. The highest BCUT2D eigenvalue weighted by molar-refractivity contribution is 7.21. The number of nitrogens with two attached hydrogens (primary N) is 1. The van der Waals surface area contributed by atoms with E-state index in [0.717, 1.165) is 92.2 Å². The topological polar surface area (TPSA) is 111 Å². The standard InChI is InChI=1S/C28H33N7O2S/c29-25-21-17-19-7-2-1-3-9-22(19)31-28(21)38-26(25)27(36)30-23-10-5-4-8-20(23)24-18-35(33-32-24)12-6-11-34-13-15-37-16-14-34/h4-5,8,10,17-18H,1-3,6-7,9,11-16,29H2,(H,30,36). The number of aromatic nitrogens is 4. The summed E-state index contributed by atoms with van der Waals surface area (Å²) in [6.45, 7) is 5.38. The molecule has 1 aromatic carbocycles. The van der Waals surface area contributed by atoms with Crippen molar-refractivity contribution in [1.29, 1.82) is 0 Å². The van der Waals surface area contributed by atoms with Crippen molar-refractivity contribution in [2.24, 2.45) is 0 Å². The Bertz CT molecular complexity index is 1440. The summed E-state index contributed by atoms with van der Waals surface area (Å²) in [7, 11) is 0. The minimum absolute atomic E-state index is 0.231. The zero-order chi connectivity index (χ0) is 25.9. The van der Waals surface area contributed by atoms with Crippen molar-refractivity contribution in [2.75, 3.05) is 43.9 Å². The summed E-state index contributed by atoms with van der Waals surface area (Å²) in [5, 5.41) is 12.7. The molecule has 0 bridgehead atoms. The van der Waals surface area contributed by atoms with E-state index < -0.39 is 0 Å². The van der Waals surface area contributed by atoms with Gasteiger partial charge in [-0.1, -0.05) is 29.8 Å². The zero-order valence-electron chi connectivity index (χ0n) is 21.5. The number of carbonyl (C=O) groups excluding carboxylic acids is 1. The van der Waals surface area contributed by atoms with Crippen LogP contribution in [0.2, 0.25) is 0 Å². The van der Waals surface area contributed by atoms with Crippen LogP contribution < -0.4 is 11.1 Å². The van der Waals surface area contributed by atoms with Crippen molar-refractivity contribution in [3.8, 4) is 11.3 Å². The minimum atomic E-state index is -0.231. The van der Waals surface area contributed by atoms with Gasteiger partial charge in [0.2, 0.25) is 0 Å². The second-order valence-corrected chi connectivity index (χ2v) is 11.0. The maximum Gasteiger partial charge on any atom is 0.267 e. The highest BCUT2D eigenvalue weighted by Gasteiger charge is 2.21. The molecular formula is C28H33N7O2S. The van der Waals surface area contributed by atoms with Crippen molar-refractivity contribution >= 4 is 38.8 Å². The zero-order valence-corrected chi connectivity index (χ0v) is 22.3. The average molecular weight is 532 g/mol. The minimum Gasteiger partial charge on any atom is -0.397 e. The van der Waals surface area contributed by atoms with Gasteiger partial charge in [-0.3, -0.25) is 14.4 Å². The first-order valence-corrected chi connectivity index (χ1v) is 14.3. The molecule has 0 unspecified atom stereocenters. The lowest BCUT2D eigenvalue weighted by molar-refractivity contribution is 0.0368. The number of nitrogens with zero attached hydrogens (tertiary/aromatic N) is 5. The smallest absolute Gasteiger partial charge is 0.267 e. The van der Waals surface area contributed by atoms with Crippen molar-refractivity contribution in [2.45, 2.75) is 45.1 Å². The molecule has 0 saturated carbocycles. The molecule has 2 aliphatic rings. The lowest BCUT2D eigenvalue weighted by Crippen LogP contribution is -2.37. The first-order valence-electron chi connectivity index (χ1n) is 13.5. The van der Waals surface area contributed by atoms with E-state index in [1.54, 1.807) is 0 Å². The Morgan fingerprint density at radius 2 is 1.95 bits per heavy atom. The fraction of sp³-hybridized carbons (Fsp3) is 0.429. The molecule has 1 saturated heterocycles. The molecule has 1 aliphatic carbocycles. The molecule has 0 atom stereocenters. The number of aryl methyl sites for hydroxylation is 3. The molecule has 38 heavy (non-hydrogen) atoms. The van der Waals surface area contributed by atoms with Gasteiger partial charge in [-0.2, -0.15) is 0 Å². The Balaban J connectivity index is 1.17. The van der Waals surface area contributed by atoms with Crippen LogP contribution in [0.3, 0.4) is 0 Å². The molecule has 1 amide bonds. The summed E-state index contributed by atoms with van der Waals surface area (Å²) in [6.07, 6.45) is 8.51. The van der Waals surface area contributed by atoms with Crippen LogP contribution in [0.15, 0.2) is 36.5 Å². The van der Waals surface area contributed by atoms with E-state index in [0.29, 0.717) is 16.3 Å². The number of ether oxygens (including phenoxy) is 1. The number of nitrogen functional groups attached to an aromatic ring is 1.